The third-order valence-corrected chi connectivity index (χ3v) is 3.18. The lowest BCUT2D eigenvalue weighted by Crippen LogP contribution is -2.31. The summed E-state index contributed by atoms with van der Waals surface area (Å²) in [5.74, 6) is 0.714. The van der Waals surface area contributed by atoms with Gasteiger partial charge in [0.2, 0.25) is 0 Å². The Morgan fingerprint density at radius 3 is 2.73 bits per heavy atom. The van der Waals surface area contributed by atoms with Gasteiger partial charge in [-0.2, -0.15) is 0 Å². The van der Waals surface area contributed by atoms with Crippen LogP contribution in [-0.2, 0) is 6.54 Å². The van der Waals surface area contributed by atoms with Gasteiger partial charge in [0.25, 0.3) is 0 Å². The second-order valence-corrected chi connectivity index (χ2v) is 4.59. The highest BCUT2D eigenvalue weighted by atomic mass is 16.3. The summed E-state index contributed by atoms with van der Waals surface area (Å²) in [5.41, 5.74) is 1.34. The molecule has 1 heterocycles. The molecule has 0 radical (unpaired) electrons. The molecule has 0 spiro atoms. The van der Waals surface area contributed by atoms with E-state index in [0.717, 1.165) is 19.5 Å². The van der Waals surface area contributed by atoms with E-state index >= 15 is 0 Å². The van der Waals surface area contributed by atoms with Crippen molar-refractivity contribution in [3.05, 3.63) is 35.9 Å². The zero-order valence-electron chi connectivity index (χ0n) is 9.26. The van der Waals surface area contributed by atoms with Crippen LogP contribution in [-0.4, -0.2) is 29.2 Å². The third-order valence-electron chi connectivity index (χ3n) is 3.18. The third kappa shape index (κ3) is 2.58. The minimum atomic E-state index is 0.289. The number of aliphatic hydroxyl groups is 1. The number of benzene rings is 1. The fraction of sp³-hybridized carbons (Fsp3) is 0.538. The smallest absolute Gasteiger partial charge is 0.0587 e. The molecule has 1 saturated heterocycles. The molecule has 1 aromatic rings. The van der Waals surface area contributed by atoms with Crippen LogP contribution in [0, 0.1) is 5.92 Å². The molecule has 2 nitrogen and oxygen atoms in total. The summed E-state index contributed by atoms with van der Waals surface area (Å²) in [6.45, 7) is 4.63. The standard InChI is InChI=1S/C13H19NO/c1-11-7-13(10-15)14(8-11)9-12-5-3-2-4-6-12/h2-6,11,13,15H,7-10H2,1H3. The van der Waals surface area contributed by atoms with Crippen LogP contribution in [0.3, 0.4) is 0 Å². The Labute approximate surface area is 91.5 Å². The normalized spacial score (nSPS) is 27.1. The van der Waals surface area contributed by atoms with E-state index in [2.05, 4.69) is 36.1 Å². The van der Waals surface area contributed by atoms with E-state index in [0.29, 0.717) is 12.0 Å². The summed E-state index contributed by atoms with van der Waals surface area (Å²) in [6, 6.07) is 10.8. The second kappa shape index (κ2) is 4.77. The summed E-state index contributed by atoms with van der Waals surface area (Å²) in [4.78, 5) is 2.39. The SMILES string of the molecule is CC1CC(CO)N(Cc2ccccc2)C1. The Morgan fingerprint density at radius 1 is 1.33 bits per heavy atom. The van der Waals surface area contributed by atoms with Gasteiger partial charge in [-0.25, -0.2) is 0 Å². The Morgan fingerprint density at radius 2 is 2.07 bits per heavy atom. The Hall–Kier alpha value is -0.860. The molecule has 2 heteroatoms. The molecule has 0 amide bonds. The van der Waals surface area contributed by atoms with Gasteiger partial charge in [0.1, 0.15) is 0 Å². The van der Waals surface area contributed by atoms with Crippen molar-refractivity contribution in [3.8, 4) is 0 Å². The average Bonchev–Trinajstić information content (AvgIpc) is 2.60. The lowest BCUT2D eigenvalue weighted by Gasteiger charge is -2.22. The molecule has 1 fully saturated rings. The minimum absolute atomic E-state index is 0.289. The van der Waals surface area contributed by atoms with E-state index in [4.69, 9.17) is 0 Å². The van der Waals surface area contributed by atoms with E-state index in [1.807, 2.05) is 6.07 Å². The molecular weight excluding hydrogens is 186 g/mol. The number of hydrogen-bond donors (Lipinski definition) is 1. The van der Waals surface area contributed by atoms with Crippen LogP contribution in [0.4, 0.5) is 0 Å². The summed E-state index contributed by atoms with van der Waals surface area (Å²) in [7, 11) is 0. The summed E-state index contributed by atoms with van der Waals surface area (Å²) in [6.07, 6.45) is 1.13. The molecule has 1 aliphatic rings. The van der Waals surface area contributed by atoms with Crippen molar-refractivity contribution in [1.82, 2.24) is 4.90 Å². The molecule has 0 aromatic heterocycles. The Balaban J connectivity index is 2.00. The molecule has 0 bridgehead atoms. The molecule has 2 rings (SSSR count). The van der Waals surface area contributed by atoms with Crippen LogP contribution < -0.4 is 0 Å². The number of hydrogen-bond acceptors (Lipinski definition) is 2. The first-order chi connectivity index (χ1) is 7.29. The molecular formula is C13H19NO. The van der Waals surface area contributed by atoms with E-state index in [1.54, 1.807) is 0 Å². The molecule has 2 atom stereocenters. The molecule has 1 N–H and O–H groups in total. The average molecular weight is 205 g/mol. The van der Waals surface area contributed by atoms with Gasteiger partial charge in [-0.15, -0.1) is 0 Å². The van der Waals surface area contributed by atoms with E-state index in [-0.39, 0.29) is 6.61 Å². The van der Waals surface area contributed by atoms with Crippen LogP contribution >= 0.6 is 0 Å². The maximum absolute atomic E-state index is 9.29. The van der Waals surface area contributed by atoms with Gasteiger partial charge >= 0.3 is 0 Å². The van der Waals surface area contributed by atoms with Crippen LogP contribution in [0.5, 0.6) is 0 Å². The van der Waals surface area contributed by atoms with Gasteiger partial charge in [0.05, 0.1) is 6.61 Å². The van der Waals surface area contributed by atoms with Crippen molar-refractivity contribution < 1.29 is 5.11 Å². The number of rotatable bonds is 3. The molecule has 1 aromatic carbocycles. The molecule has 1 aliphatic heterocycles. The Bertz CT molecular complexity index is 299. The predicted octanol–water partition coefficient (Wildman–Crippen LogP) is 1.89. The van der Waals surface area contributed by atoms with Gasteiger partial charge in [-0.3, -0.25) is 4.90 Å². The van der Waals surface area contributed by atoms with Gasteiger partial charge in [-0.1, -0.05) is 37.3 Å². The van der Waals surface area contributed by atoms with E-state index < -0.39 is 0 Å². The van der Waals surface area contributed by atoms with E-state index in [1.165, 1.54) is 5.56 Å². The summed E-state index contributed by atoms with van der Waals surface area (Å²) in [5, 5.41) is 9.29. The van der Waals surface area contributed by atoms with Gasteiger partial charge < -0.3 is 5.11 Å². The number of nitrogens with zero attached hydrogens (tertiary/aromatic N) is 1. The monoisotopic (exact) mass is 205 g/mol. The lowest BCUT2D eigenvalue weighted by atomic mass is 10.1. The van der Waals surface area contributed by atoms with Crippen molar-refractivity contribution in [3.63, 3.8) is 0 Å². The highest BCUT2D eigenvalue weighted by Crippen LogP contribution is 2.24. The van der Waals surface area contributed by atoms with Crippen LogP contribution in [0.1, 0.15) is 18.9 Å². The lowest BCUT2D eigenvalue weighted by molar-refractivity contribution is 0.153. The van der Waals surface area contributed by atoms with Crippen LogP contribution in [0.25, 0.3) is 0 Å². The van der Waals surface area contributed by atoms with Crippen LogP contribution in [0.15, 0.2) is 30.3 Å². The fourth-order valence-electron chi connectivity index (χ4n) is 2.44. The van der Waals surface area contributed by atoms with Gasteiger partial charge in [-0.05, 0) is 17.9 Å². The minimum Gasteiger partial charge on any atom is -0.395 e. The summed E-state index contributed by atoms with van der Waals surface area (Å²) < 4.78 is 0. The highest BCUT2D eigenvalue weighted by molar-refractivity contribution is 5.14. The van der Waals surface area contributed by atoms with E-state index in [9.17, 15) is 5.11 Å². The maximum Gasteiger partial charge on any atom is 0.0587 e. The largest absolute Gasteiger partial charge is 0.395 e. The molecule has 2 unspecified atom stereocenters. The second-order valence-electron chi connectivity index (χ2n) is 4.59. The molecule has 15 heavy (non-hydrogen) atoms. The fourth-order valence-corrected chi connectivity index (χ4v) is 2.44. The maximum atomic E-state index is 9.29. The summed E-state index contributed by atoms with van der Waals surface area (Å²) >= 11 is 0. The number of likely N-dealkylation sites (tertiary alicyclic amines) is 1. The Kier molecular flexibility index (Phi) is 3.39. The topological polar surface area (TPSA) is 23.5 Å². The van der Waals surface area contributed by atoms with Crippen molar-refractivity contribution in [2.24, 2.45) is 5.92 Å². The van der Waals surface area contributed by atoms with Gasteiger partial charge in [0, 0.05) is 19.1 Å². The molecule has 82 valence electrons. The zero-order chi connectivity index (χ0) is 10.7. The van der Waals surface area contributed by atoms with Gasteiger partial charge in [0.15, 0.2) is 0 Å². The van der Waals surface area contributed by atoms with Crippen LogP contribution in [0.2, 0.25) is 0 Å². The van der Waals surface area contributed by atoms with Crippen molar-refractivity contribution in [2.75, 3.05) is 13.2 Å². The quantitative estimate of drug-likeness (QED) is 0.814. The molecule has 0 saturated carbocycles. The van der Waals surface area contributed by atoms with Crippen molar-refractivity contribution in [2.45, 2.75) is 25.9 Å². The first-order valence-electron chi connectivity index (χ1n) is 5.68. The van der Waals surface area contributed by atoms with Crippen molar-refractivity contribution in [1.29, 1.82) is 0 Å². The van der Waals surface area contributed by atoms with Crippen molar-refractivity contribution >= 4 is 0 Å². The zero-order valence-corrected chi connectivity index (χ0v) is 9.26. The first-order valence-corrected chi connectivity index (χ1v) is 5.68. The molecule has 0 aliphatic carbocycles. The predicted molar refractivity (Wildman–Crippen MR) is 61.5 cm³/mol. The highest BCUT2D eigenvalue weighted by Gasteiger charge is 2.28. The first kappa shape index (κ1) is 10.7. The number of aliphatic hydroxyl groups excluding tert-OH is 1.